The first kappa shape index (κ1) is 21.0. The van der Waals surface area contributed by atoms with Crippen molar-refractivity contribution < 1.29 is 9.66 Å². The molecule has 0 bridgehead atoms. The maximum Gasteiger partial charge on any atom is 0.270 e. The number of piperazine rings is 1. The van der Waals surface area contributed by atoms with Crippen LogP contribution in [0.5, 0.6) is 5.75 Å². The van der Waals surface area contributed by atoms with Gasteiger partial charge < -0.3 is 10.1 Å². The highest BCUT2D eigenvalue weighted by Gasteiger charge is 2.26. The van der Waals surface area contributed by atoms with Crippen molar-refractivity contribution in [3.05, 3.63) is 68.8 Å². The van der Waals surface area contributed by atoms with Crippen molar-refractivity contribution >= 4 is 16.6 Å². The predicted octanol–water partition coefficient (Wildman–Crippen LogP) is 2.66. The van der Waals surface area contributed by atoms with E-state index in [1.807, 2.05) is 38.1 Å². The van der Waals surface area contributed by atoms with E-state index in [1.54, 1.807) is 10.6 Å². The van der Waals surface area contributed by atoms with Crippen molar-refractivity contribution in [3.63, 3.8) is 0 Å². The summed E-state index contributed by atoms with van der Waals surface area (Å²) in [4.78, 5) is 31.5. The van der Waals surface area contributed by atoms with Crippen molar-refractivity contribution in [2.75, 3.05) is 32.8 Å². The minimum Gasteiger partial charge on any atom is -0.492 e. The highest BCUT2D eigenvalue weighted by atomic mass is 16.6. The summed E-state index contributed by atoms with van der Waals surface area (Å²) in [5, 5.41) is 14.8. The number of hydrogen-bond acceptors (Lipinski definition) is 7. The highest BCUT2D eigenvalue weighted by molar-refractivity contribution is 5.80. The number of nitro groups is 1. The zero-order valence-corrected chi connectivity index (χ0v) is 17.6. The third-order valence-electron chi connectivity index (χ3n) is 5.57. The lowest BCUT2D eigenvalue weighted by Gasteiger charge is -2.33. The largest absolute Gasteiger partial charge is 0.492 e. The average molecular weight is 423 g/mol. The van der Waals surface area contributed by atoms with E-state index in [4.69, 9.17) is 9.72 Å². The van der Waals surface area contributed by atoms with Crippen LogP contribution in [0.25, 0.3) is 16.6 Å². The fraction of sp³-hybridized carbons (Fsp3) is 0.364. The molecule has 1 saturated heterocycles. The van der Waals surface area contributed by atoms with Gasteiger partial charge in [-0.1, -0.05) is 12.1 Å². The van der Waals surface area contributed by atoms with Crippen LogP contribution >= 0.6 is 0 Å². The van der Waals surface area contributed by atoms with Crippen LogP contribution < -0.4 is 15.6 Å². The molecule has 9 heteroatoms. The van der Waals surface area contributed by atoms with E-state index in [0.717, 1.165) is 26.2 Å². The Morgan fingerprint density at radius 2 is 1.97 bits per heavy atom. The van der Waals surface area contributed by atoms with Crippen molar-refractivity contribution in [2.45, 2.75) is 19.9 Å². The molecule has 1 unspecified atom stereocenters. The topological polar surface area (TPSA) is 103 Å². The number of fused-ring (bicyclic) bond motifs is 1. The number of rotatable bonds is 6. The van der Waals surface area contributed by atoms with E-state index < -0.39 is 4.92 Å². The van der Waals surface area contributed by atoms with Gasteiger partial charge in [0.25, 0.3) is 11.2 Å². The van der Waals surface area contributed by atoms with Crippen LogP contribution in [0, 0.1) is 10.1 Å². The lowest BCUT2D eigenvalue weighted by Crippen LogP contribution is -2.45. The van der Waals surface area contributed by atoms with Gasteiger partial charge in [-0.2, -0.15) is 0 Å². The van der Waals surface area contributed by atoms with Gasteiger partial charge in [-0.15, -0.1) is 0 Å². The Kier molecular flexibility index (Phi) is 5.97. The third-order valence-corrected chi connectivity index (χ3v) is 5.57. The molecule has 3 aromatic rings. The Bertz CT molecular complexity index is 1170. The molecular weight excluding hydrogens is 398 g/mol. The van der Waals surface area contributed by atoms with Crippen LogP contribution in [0.15, 0.2) is 47.3 Å². The van der Waals surface area contributed by atoms with Gasteiger partial charge in [0.05, 0.1) is 34.2 Å². The molecule has 0 amide bonds. The van der Waals surface area contributed by atoms with Gasteiger partial charge >= 0.3 is 0 Å². The molecule has 0 aliphatic carbocycles. The number of nitrogens with zero attached hydrogens (tertiary/aromatic N) is 4. The van der Waals surface area contributed by atoms with Gasteiger partial charge in [0.1, 0.15) is 11.6 Å². The normalized spacial score (nSPS) is 15.7. The van der Waals surface area contributed by atoms with Crippen LogP contribution in [-0.4, -0.2) is 52.2 Å². The molecule has 1 aliphatic rings. The number of benzene rings is 2. The SMILES string of the molecule is CCOc1ccccc1-n1c(C(C)N2CCNCC2)nc2ccc([N+](=O)[O-])cc2c1=O. The van der Waals surface area contributed by atoms with Gasteiger partial charge in [0.2, 0.25) is 0 Å². The summed E-state index contributed by atoms with van der Waals surface area (Å²) in [5.41, 5.74) is 0.529. The first-order valence-corrected chi connectivity index (χ1v) is 10.4. The summed E-state index contributed by atoms with van der Waals surface area (Å²) in [5.74, 6) is 1.15. The number of non-ortho nitro benzene ring substituents is 1. The number of hydrogen-bond donors (Lipinski definition) is 1. The van der Waals surface area contributed by atoms with Crippen LogP contribution in [0.3, 0.4) is 0 Å². The summed E-state index contributed by atoms with van der Waals surface area (Å²) >= 11 is 0. The fourth-order valence-corrected chi connectivity index (χ4v) is 3.97. The Labute approximate surface area is 179 Å². The number of para-hydroxylation sites is 2. The molecule has 2 heterocycles. The number of aromatic nitrogens is 2. The van der Waals surface area contributed by atoms with Crippen molar-refractivity contribution in [1.29, 1.82) is 0 Å². The minimum absolute atomic E-state index is 0.135. The van der Waals surface area contributed by atoms with Gasteiger partial charge in [-0.05, 0) is 32.0 Å². The third kappa shape index (κ3) is 4.01. The van der Waals surface area contributed by atoms with Crippen molar-refractivity contribution in [2.24, 2.45) is 0 Å². The molecule has 1 aliphatic heterocycles. The van der Waals surface area contributed by atoms with E-state index in [2.05, 4.69) is 10.2 Å². The van der Waals surface area contributed by atoms with Crippen molar-refractivity contribution in [3.8, 4) is 11.4 Å². The Morgan fingerprint density at radius 3 is 2.68 bits per heavy atom. The monoisotopic (exact) mass is 423 g/mol. The molecule has 1 fully saturated rings. The second-order valence-corrected chi connectivity index (χ2v) is 7.43. The Balaban J connectivity index is 1.99. The van der Waals surface area contributed by atoms with Crippen LogP contribution in [0.1, 0.15) is 25.7 Å². The van der Waals surface area contributed by atoms with Crippen molar-refractivity contribution in [1.82, 2.24) is 19.8 Å². The summed E-state index contributed by atoms with van der Waals surface area (Å²) in [6, 6.07) is 11.4. The van der Waals surface area contributed by atoms with E-state index in [9.17, 15) is 14.9 Å². The molecule has 0 spiro atoms. The Hall–Kier alpha value is -3.30. The average Bonchev–Trinajstić information content (AvgIpc) is 2.79. The molecule has 1 N–H and O–H groups in total. The lowest BCUT2D eigenvalue weighted by molar-refractivity contribution is -0.384. The quantitative estimate of drug-likeness (QED) is 0.480. The van der Waals surface area contributed by atoms with E-state index >= 15 is 0 Å². The molecular formula is C22H25N5O4. The summed E-state index contributed by atoms with van der Waals surface area (Å²) in [6.07, 6.45) is 0. The molecule has 9 nitrogen and oxygen atoms in total. The fourth-order valence-electron chi connectivity index (χ4n) is 3.97. The molecule has 1 aromatic heterocycles. The molecule has 2 aromatic carbocycles. The van der Waals surface area contributed by atoms with E-state index in [1.165, 1.54) is 12.1 Å². The van der Waals surface area contributed by atoms with Gasteiger partial charge in [-0.3, -0.25) is 24.4 Å². The molecule has 4 rings (SSSR count). The standard InChI is InChI=1S/C22H25N5O4/c1-3-31-20-7-5-4-6-19(20)26-21(15(2)25-12-10-23-11-13-25)24-18-9-8-16(27(29)30)14-17(18)22(26)28/h4-9,14-15,23H,3,10-13H2,1-2H3. The van der Waals surface area contributed by atoms with Crippen LogP contribution in [0.4, 0.5) is 5.69 Å². The van der Waals surface area contributed by atoms with Gasteiger partial charge in [-0.25, -0.2) is 4.98 Å². The maximum absolute atomic E-state index is 13.7. The van der Waals surface area contributed by atoms with Gasteiger partial charge in [0, 0.05) is 38.3 Å². The molecule has 162 valence electrons. The number of ether oxygens (including phenoxy) is 1. The second-order valence-electron chi connectivity index (χ2n) is 7.43. The summed E-state index contributed by atoms with van der Waals surface area (Å²) in [6.45, 7) is 7.76. The van der Waals surface area contributed by atoms with Crippen LogP contribution in [-0.2, 0) is 0 Å². The zero-order chi connectivity index (χ0) is 22.0. The number of nitro benzene ring substituents is 1. The first-order valence-electron chi connectivity index (χ1n) is 10.4. The molecule has 1 atom stereocenters. The summed E-state index contributed by atoms with van der Waals surface area (Å²) < 4.78 is 7.33. The lowest BCUT2D eigenvalue weighted by atomic mass is 10.1. The first-order chi connectivity index (χ1) is 15.0. The predicted molar refractivity (Wildman–Crippen MR) is 118 cm³/mol. The Morgan fingerprint density at radius 1 is 1.23 bits per heavy atom. The maximum atomic E-state index is 13.7. The van der Waals surface area contributed by atoms with E-state index in [-0.39, 0.29) is 22.7 Å². The van der Waals surface area contributed by atoms with E-state index in [0.29, 0.717) is 29.4 Å². The van der Waals surface area contributed by atoms with Gasteiger partial charge in [0.15, 0.2) is 0 Å². The number of nitrogens with one attached hydrogen (secondary N) is 1. The zero-order valence-electron chi connectivity index (χ0n) is 17.6. The highest BCUT2D eigenvalue weighted by Crippen LogP contribution is 2.28. The molecule has 31 heavy (non-hydrogen) atoms. The molecule has 0 saturated carbocycles. The molecule has 0 radical (unpaired) electrons. The minimum atomic E-state index is -0.505. The second kappa shape index (κ2) is 8.83. The summed E-state index contributed by atoms with van der Waals surface area (Å²) in [7, 11) is 0. The smallest absolute Gasteiger partial charge is 0.270 e. The van der Waals surface area contributed by atoms with Crippen LogP contribution in [0.2, 0.25) is 0 Å².